The van der Waals surface area contributed by atoms with Gasteiger partial charge < -0.3 is 15.3 Å². The molecular formula is C8H15F2N7O. The summed E-state index contributed by atoms with van der Waals surface area (Å²) in [5.41, 5.74) is 2.23. The van der Waals surface area contributed by atoms with Crippen molar-refractivity contribution in [3.05, 3.63) is 0 Å². The zero-order valence-electron chi connectivity index (χ0n) is 9.93. The molecule has 10 heteroatoms. The summed E-state index contributed by atoms with van der Waals surface area (Å²) < 4.78 is 24.2. The van der Waals surface area contributed by atoms with Gasteiger partial charge in [0.25, 0.3) is 6.43 Å². The third-order valence-electron chi connectivity index (χ3n) is 1.91. The van der Waals surface area contributed by atoms with Crippen LogP contribution in [0.3, 0.4) is 0 Å². The molecule has 1 heterocycles. The number of aromatic nitrogens is 3. The molecule has 0 aliphatic heterocycles. The molecule has 0 bridgehead atoms. The summed E-state index contributed by atoms with van der Waals surface area (Å²) in [4.78, 5) is 13.3. The van der Waals surface area contributed by atoms with E-state index in [0.29, 0.717) is 5.95 Å². The molecule has 18 heavy (non-hydrogen) atoms. The number of hydrogen-bond acceptors (Lipinski definition) is 8. The number of alkyl halides is 2. The van der Waals surface area contributed by atoms with E-state index in [1.54, 1.807) is 19.0 Å². The largest absolute Gasteiger partial charge is 0.385 e. The van der Waals surface area contributed by atoms with Crippen LogP contribution in [-0.2, 0) is 0 Å². The Labute approximate surface area is 102 Å². The van der Waals surface area contributed by atoms with Gasteiger partial charge >= 0.3 is 0 Å². The third-order valence-corrected chi connectivity index (χ3v) is 1.91. The summed E-state index contributed by atoms with van der Waals surface area (Å²) in [6.45, 7) is -0.376. The number of nitrogens with two attached hydrogens (primary N) is 1. The van der Waals surface area contributed by atoms with Crippen LogP contribution in [-0.4, -0.2) is 53.2 Å². The zero-order valence-corrected chi connectivity index (χ0v) is 9.93. The molecule has 0 aliphatic rings. The molecule has 0 amide bonds. The molecule has 5 N–H and O–H groups in total. The molecule has 0 spiro atoms. The van der Waals surface area contributed by atoms with Crippen molar-refractivity contribution in [2.45, 2.75) is 12.5 Å². The van der Waals surface area contributed by atoms with E-state index in [2.05, 4.69) is 25.7 Å². The van der Waals surface area contributed by atoms with Crippen LogP contribution < -0.4 is 21.5 Å². The van der Waals surface area contributed by atoms with E-state index in [0.717, 1.165) is 0 Å². The zero-order chi connectivity index (χ0) is 13.7. The predicted molar refractivity (Wildman–Crippen MR) is 62.5 cm³/mol. The van der Waals surface area contributed by atoms with E-state index in [1.807, 2.05) is 0 Å². The van der Waals surface area contributed by atoms with Crippen molar-refractivity contribution in [3.63, 3.8) is 0 Å². The highest BCUT2D eigenvalue weighted by Gasteiger charge is 2.17. The number of aliphatic hydroxyl groups excluding tert-OH is 1. The molecular weight excluding hydrogens is 248 g/mol. The van der Waals surface area contributed by atoms with Crippen molar-refractivity contribution < 1.29 is 13.9 Å². The van der Waals surface area contributed by atoms with Gasteiger partial charge in [-0.3, -0.25) is 5.43 Å². The van der Waals surface area contributed by atoms with Crippen molar-refractivity contribution in [1.29, 1.82) is 0 Å². The van der Waals surface area contributed by atoms with Crippen molar-refractivity contribution in [3.8, 4) is 0 Å². The summed E-state index contributed by atoms with van der Waals surface area (Å²) in [6.07, 6.45) is -4.63. The maximum atomic E-state index is 12.1. The van der Waals surface area contributed by atoms with E-state index in [9.17, 15) is 8.78 Å². The van der Waals surface area contributed by atoms with Crippen LogP contribution in [0.1, 0.15) is 0 Å². The van der Waals surface area contributed by atoms with E-state index < -0.39 is 12.5 Å². The smallest absolute Gasteiger partial charge is 0.265 e. The van der Waals surface area contributed by atoms with Crippen molar-refractivity contribution in [2.24, 2.45) is 5.84 Å². The molecule has 0 radical (unpaired) electrons. The Morgan fingerprint density at radius 3 is 2.39 bits per heavy atom. The minimum absolute atomic E-state index is 0.0429. The number of nitrogens with zero attached hydrogens (tertiary/aromatic N) is 4. The van der Waals surface area contributed by atoms with Crippen LogP contribution in [0.5, 0.6) is 0 Å². The average Bonchev–Trinajstić information content (AvgIpc) is 2.35. The fourth-order valence-corrected chi connectivity index (χ4v) is 0.993. The average molecular weight is 263 g/mol. The van der Waals surface area contributed by atoms with Gasteiger partial charge in [0.05, 0.1) is 0 Å². The molecule has 1 aromatic rings. The van der Waals surface area contributed by atoms with Crippen LogP contribution in [0.15, 0.2) is 0 Å². The minimum atomic E-state index is -2.83. The van der Waals surface area contributed by atoms with Crippen LogP contribution in [0.2, 0.25) is 0 Å². The lowest BCUT2D eigenvalue weighted by atomic mass is 10.4. The summed E-state index contributed by atoms with van der Waals surface area (Å²) >= 11 is 0. The normalized spacial score (nSPS) is 12.4. The van der Waals surface area contributed by atoms with Crippen LogP contribution in [0.4, 0.5) is 26.6 Å². The van der Waals surface area contributed by atoms with Crippen molar-refractivity contribution in [1.82, 2.24) is 15.0 Å². The molecule has 1 unspecified atom stereocenters. The van der Waals surface area contributed by atoms with Gasteiger partial charge in [0.1, 0.15) is 6.10 Å². The minimum Gasteiger partial charge on any atom is -0.385 e. The molecule has 0 aliphatic carbocycles. The molecule has 1 atom stereocenters. The number of aliphatic hydroxyl groups is 1. The second-order valence-corrected chi connectivity index (χ2v) is 3.60. The van der Waals surface area contributed by atoms with Gasteiger partial charge in [0.2, 0.25) is 17.8 Å². The third kappa shape index (κ3) is 3.89. The topological polar surface area (TPSA) is 112 Å². The standard InChI is InChI=1S/C8H15F2N7O/c1-17(2)8-14-6(13-7(15-8)16-11)12-3-4(18)5(9)10/h4-5,18H,3,11H2,1-2H3,(H2,12,13,14,15,16). The lowest BCUT2D eigenvalue weighted by molar-refractivity contribution is 0.00376. The lowest BCUT2D eigenvalue weighted by Gasteiger charge is -2.14. The maximum absolute atomic E-state index is 12.1. The number of nitrogens with one attached hydrogen (secondary N) is 2. The Morgan fingerprint density at radius 2 is 1.89 bits per heavy atom. The van der Waals surface area contributed by atoms with Crippen LogP contribution in [0.25, 0.3) is 0 Å². The highest BCUT2D eigenvalue weighted by Crippen LogP contribution is 2.11. The van der Waals surface area contributed by atoms with Gasteiger partial charge in [-0.2, -0.15) is 15.0 Å². The fraction of sp³-hybridized carbons (Fsp3) is 0.625. The molecule has 1 aromatic heterocycles. The first-order valence-electron chi connectivity index (χ1n) is 5.04. The Balaban J connectivity index is 2.78. The van der Waals surface area contributed by atoms with E-state index in [1.165, 1.54) is 0 Å². The predicted octanol–water partition coefficient (Wildman–Crippen LogP) is -0.739. The Hall–Kier alpha value is -1.81. The number of anilines is 3. The first-order valence-corrected chi connectivity index (χ1v) is 5.04. The number of rotatable bonds is 6. The molecule has 0 saturated heterocycles. The number of halogens is 2. The van der Waals surface area contributed by atoms with Crippen LogP contribution in [0, 0.1) is 0 Å². The highest BCUT2D eigenvalue weighted by molar-refractivity contribution is 5.42. The number of nitrogen functional groups attached to an aromatic ring is 1. The monoisotopic (exact) mass is 263 g/mol. The second kappa shape index (κ2) is 6.21. The second-order valence-electron chi connectivity index (χ2n) is 3.60. The fourth-order valence-electron chi connectivity index (χ4n) is 0.993. The molecule has 102 valence electrons. The quantitative estimate of drug-likeness (QED) is 0.392. The first kappa shape index (κ1) is 14.3. The summed E-state index contributed by atoms with van der Waals surface area (Å²) in [5, 5.41) is 11.4. The van der Waals surface area contributed by atoms with E-state index in [4.69, 9.17) is 10.9 Å². The lowest BCUT2D eigenvalue weighted by Crippen LogP contribution is -2.28. The van der Waals surface area contributed by atoms with Gasteiger partial charge in [-0.25, -0.2) is 14.6 Å². The highest BCUT2D eigenvalue weighted by atomic mass is 19.3. The van der Waals surface area contributed by atoms with Gasteiger partial charge in [-0.1, -0.05) is 0 Å². The van der Waals surface area contributed by atoms with Gasteiger partial charge in [-0.05, 0) is 0 Å². The van der Waals surface area contributed by atoms with Crippen molar-refractivity contribution in [2.75, 3.05) is 36.3 Å². The molecule has 1 rings (SSSR count). The Bertz CT molecular complexity index is 390. The number of hydrazine groups is 1. The molecule has 8 nitrogen and oxygen atoms in total. The van der Waals surface area contributed by atoms with E-state index in [-0.39, 0.29) is 18.4 Å². The van der Waals surface area contributed by atoms with Gasteiger partial charge in [0.15, 0.2) is 0 Å². The van der Waals surface area contributed by atoms with E-state index >= 15 is 0 Å². The first-order chi connectivity index (χ1) is 8.43. The molecule has 0 aromatic carbocycles. The maximum Gasteiger partial charge on any atom is 0.265 e. The molecule has 0 saturated carbocycles. The molecule has 0 fully saturated rings. The van der Waals surface area contributed by atoms with Gasteiger partial charge in [-0.15, -0.1) is 0 Å². The van der Waals surface area contributed by atoms with Gasteiger partial charge in [0, 0.05) is 20.6 Å². The number of hydrogen-bond donors (Lipinski definition) is 4. The summed E-state index contributed by atoms with van der Waals surface area (Å²) in [7, 11) is 3.40. The summed E-state index contributed by atoms with van der Waals surface area (Å²) in [5.74, 6) is 5.60. The summed E-state index contributed by atoms with van der Waals surface area (Å²) in [6, 6.07) is 0. The SMILES string of the molecule is CN(C)c1nc(NN)nc(NCC(O)C(F)F)n1. The Morgan fingerprint density at radius 1 is 1.28 bits per heavy atom. The van der Waals surface area contributed by atoms with Crippen LogP contribution >= 0.6 is 0 Å². The Kier molecular flexibility index (Phi) is 4.92. The van der Waals surface area contributed by atoms with Crippen molar-refractivity contribution >= 4 is 17.8 Å².